The first kappa shape index (κ1) is 48.5. The van der Waals surface area contributed by atoms with E-state index in [2.05, 4.69) is 44.7 Å². The fourth-order valence-corrected chi connectivity index (χ4v) is 14.4. The van der Waals surface area contributed by atoms with E-state index in [0.717, 1.165) is 61.0 Å². The number of nitrogens with one attached hydrogen (secondary N) is 2. The molecule has 338 valence electrons. The Morgan fingerprint density at radius 3 is 1.35 bits per heavy atom. The third-order valence-corrected chi connectivity index (χ3v) is 17.8. The van der Waals surface area contributed by atoms with E-state index in [1.807, 2.05) is 0 Å². The molecule has 2 aliphatic heterocycles. The number of fused-ring (bicyclic) bond motifs is 2. The zero-order valence-corrected chi connectivity index (χ0v) is 39.7. The standard InChI is InChI=1S/C50H74N4O2.4ClH/c55-47-29-43-37(27-45-41-15-3-5-17-49(41,43)19-23-53(45)33-35-11-9-12-35)25-39(47)31-51-21-7-1-2-8-22-52-32-40-26-38-28-46-42-16-4-6-18-50(42,44(38)30-48(40)56)20-24-54(46)34-36-13-10-14-36;;;;/h25-26,29-30,35-36,41-42,45-46,51-52,55-56H,1-24,27-28,31-34H2;4*1H/t41-,42-,45+,46+,49+,50+;;;;/m0..../s1. The van der Waals surface area contributed by atoms with Crippen LogP contribution in [0.3, 0.4) is 0 Å². The number of piperidine rings is 2. The number of unbranched alkanes of at least 4 members (excludes halogenated alkanes) is 3. The quantitative estimate of drug-likeness (QED) is 0.134. The van der Waals surface area contributed by atoms with Gasteiger partial charge in [0.25, 0.3) is 0 Å². The van der Waals surface area contributed by atoms with Crippen molar-refractivity contribution < 1.29 is 10.2 Å². The van der Waals surface area contributed by atoms with Gasteiger partial charge in [-0.25, -0.2) is 0 Å². The molecule has 0 amide bonds. The lowest BCUT2D eigenvalue weighted by Gasteiger charge is -2.59. The van der Waals surface area contributed by atoms with Gasteiger partial charge in [-0.05, 0) is 174 Å². The van der Waals surface area contributed by atoms with Gasteiger partial charge in [-0.15, -0.1) is 49.6 Å². The lowest BCUT2D eigenvalue weighted by atomic mass is 9.52. The Hall–Kier alpha value is -0.960. The van der Waals surface area contributed by atoms with E-state index in [-0.39, 0.29) is 49.6 Å². The van der Waals surface area contributed by atoms with E-state index < -0.39 is 0 Å². The van der Waals surface area contributed by atoms with Crippen LogP contribution in [0, 0.1) is 23.7 Å². The first-order valence-electron chi connectivity index (χ1n) is 24.1. The number of benzene rings is 2. The van der Waals surface area contributed by atoms with E-state index in [1.165, 1.54) is 179 Å². The van der Waals surface area contributed by atoms with Crippen molar-refractivity contribution in [2.75, 3.05) is 39.3 Å². The van der Waals surface area contributed by atoms with Gasteiger partial charge in [0, 0.05) is 60.2 Å². The molecule has 4 N–H and O–H groups in total. The third kappa shape index (κ3) is 9.13. The van der Waals surface area contributed by atoms with Crippen molar-refractivity contribution in [1.82, 2.24) is 20.4 Å². The maximum absolute atomic E-state index is 11.3. The smallest absolute Gasteiger partial charge is 0.120 e. The van der Waals surface area contributed by atoms with Crippen LogP contribution in [0.2, 0.25) is 0 Å². The van der Waals surface area contributed by atoms with Gasteiger partial charge in [-0.1, -0.05) is 63.5 Å². The second-order valence-electron chi connectivity index (χ2n) is 20.7. The maximum atomic E-state index is 11.3. The number of hydrogen-bond donors (Lipinski definition) is 4. The summed E-state index contributed by atoms with van der Waals surface area (Å²) in [5.41, 5.74) is 8.93. The zero-order valence-electron chi connectivity index (χ0n) is 36.4. The average Bonchev–Trinajstić information content (AvgIpc) is 3.17. The maximum Gasteiger partial charge on any atom is 0.120 e. The molecule has 6 atom stereocenters. The van der Waals surface area contributed by atoms with Gasteiger partial charge >= 0.3 is 0 Å². The second kappa shape index (κ2) is 20.9. The molecule has 60 heavy (non-hydrogen) atoms. The Kier molecular flexibility index (Phi) is 16.9. The molecule has 2 aromatic carbocycles. The first-order chi connectivity index (χ1) is 27.5. The summed E-state index contributed by atoms with van der Waals surface area (Å²) < 4.78 is 0. The predicted octanol–water partition coefficient (Wildman–Crippen LogP) is 10.9. The minimum Gasteiger partial charge on any atom is -0.508 e. The van der Waals surface area contributed by atoms with Crippen molar-refractivity contribution in [3.8, 4) is 11.5 Å². The van der Waals surface area contributed by atoms with Gasteiger partial charge in [0.15, 0.2) is 0 Å². The molecule has 0 radical (unpaired) electrons. The number of likely N-dealkylation sites (tertiary alicyclic amines) is 2. The number of halogens is 4. The lowest BCUT2D eigenvalue weighted by Crippen LogP contribution is -2.61. The van der Waals surface area contributed by atoms with E-state index in [0.29, 0.717) is 34.4 Å². The second-order valence-corrected chi connectivity index (χ2v) is 20.7. The van der Waals surface area contributed by atoms with Crippen LogP contribution in [-0.4, -0.2) is 71.4 Å². The molecular weight excluding hydrogens is 830 g/mol. The first-order valence-corrected chi connectivity index (χ1v) is 24.1. The van der Waals surface area contributed by atoms with Crippen LogP contribution in [0.15, 0.2) is 24.3 Å². The topological polar surface area (TPSA) is 71.0 Å². The van der Waals surface area contributed by atoms with Crippen LogP contribution in [0.4, 0.5) is 0 Å². The number of rotatable bonds is 15. The molecule has 6 aliphatic carbocycles. The average molecular weight is 909 g/mol. The van der Waals surface area contributed by atoms with Gasteiger partial charge in [0.1, 0.15) is 11.5 Å². The van der Waals surface area contributed by atoms with Gasteiger partial charge in [0.2, 0.25) is 0 Å². The number of aromatic hydroxyl groups is 2. The number of hydrogen-bond acceptors (Lipinski definition) is 6. The Bertz CT molecular complexity index is 1600. The molecule has 4 bridgehead atoms. The SMILES string of the molecule is Cl.Cl.Cl.Cl.Oc1cc2c(cc1CNCCCCCCNCc1cc3c(cc1O)[C@@]14CCCC[C@H]1[C@@H](C3)N(CC1CCC1)CC4)C[C@@H]1[C@@H]3CCCC[C@]23CCN1CC1CCC1. The van der Waals surface area contributed by atoms with Crippen molar-refractivity contribution in [3.05, 3.63) is 57.6 Å². The monoisotopic (exact) mass is 906 g/mol. The van der Waals surface area contributed by atoms with Crippen molar-refractivity contribution >= 4 is 49.6 Å². The molecule has 0 unspecified atom stereocenters. The summed E-state index contributed by atoms with van der Waals surface area (Å²) in [4.78, 5) is 5.83. The van der Waals surface area contributed by atoms with Crippen molar-refractivity contribution in [1.29, 1.82) is 0 Å². The van der Waals surface area contributed by atoms with Crippen LogP contribution in [0.25, 0.3) is 0 Å². The number of nitrogens with zero attached hydrogens (tertiary/aromatic N) is 2. The van der Waals surface area contributed by atoms with Crippen molar-refractivity contribution in [2.45, 2.75) is 177 Å². The summed E-state index contributed by atoms with van der Waals surface area (Å²) >= 11 is 0. The molecule has 2 saturated heterocycles. The van der Waals surface area contributed by atoms with E-state index in [9.17, 15) is 10.2 Å². The minimum absolute atomic E-state index is 0. The van der Waals surface area contributed by atoms with Crippen molar-refractivity contribution in [2.24, 2.45) is 23.7 Å². The highest BCUT2D eigenvalue weighted by Gasteiger charge is 2.55. The van der Waals surface area contributed by atoms with E-state index in [4.69, 9.17) is 0 Å². The molecule has 6 fully saturated rings. The summed E-state index contributed by atoms with van der Waals surface area (Å²) in [6.07, 6.45) is 29.3. The van der Waals surface area contributed by atoms with Crippen LogP contribution in [0.1, 0.15) is 162 Å². The minimum atomic E-state index is 0. The normalized spacial score (nSPS) is 30.6. The highest BCUT2D eigenvalue weighted by molar-refractivity contribution is 5.86. The summed E-state index contributed by atoms with van der Waals surface area (Å²) in [5, 5.41) is 30.0. The number of phenols is 2. The van der Waals surface area contributed by atoms with Crippen LogP contribution in [0.5, 0.6) is 11.5 Å². The third-order valence-electron chi connectivity index (χ3n) is 17.8. The fourth-order valence-electron chi connectivity index (χ4n) is 14.4. The highest BCUT2D eigenvalue weighted by atomic mass is 35.5. The molecule has 10 rings (SSSR count). The summed E-state index contributed by atoms with van der Waals surface area (Å²) in [6.45, 7) is 8.70. The lowest BCUT2D eigenvalue weighted by molar-refractivity contribution is -0.0241. The van der Waals surface area contributed by atoms with E-state index in [1.54, 1.807) is 11.1 Å². The van der Waals surface area contributed by atoms with E-state index >= 15 is 0 Å². The summed E-state index contributed by atoms with van der Waals surface area (Å²) in [6, 6.07) is 10.7. The molecule has 4 saturated carbocycles. The predicted molar refractivity (Wildman–Crippen MR) is 256 cm³/mol. The molecule has 10 heteroatoms. The number of phenolic OH excluding ortho intramolecular Hbond substituents is 2. The molecule has 0 aromatic heterocycles. The molecule has 8 aliphatic rings. The van der Waals surface area contributed by atoms with Crippen molar-refractivity contribution in [3.63, 3.8) is 0 Å². The molecule has 2 aromatic rings. The Morgan fingerprint density at radius 2 is 0.950 bits per heavy atom. The van der Waals surface area contributed by atoms with Gasteiger partial charge in [-0.2, -0.15) is 0 Å². The highest BCUT2D eigenvalue weighted by Crippen LogP contribution is 2.58. The molecular formula is C50H78Cl4N4O2. The molecule has 2 heterocycles. The van der Waals surface area contributed by atoms with Gasteiger partial charge in [-0.3, -0.25) is 9.80 Å². The van der Waals surface area contributed by atoms with Crippen LogP contribution >= 0.6 is 49.6 Å². The Morgan fingerprint density at radius 1 is 0.517 bits per heavy atom. The van der Waals surface area contributed by atoms with Gasteiger partial charge in [0.05, 0.1) is 0 Å². The zero-order chi connectivity index (χ0) is 37.7. The molecule has 6 nitrogen and oxygen atoms in total. The fraction of sp³-hybridized carbons (Fsp3) is 0.760. The van der Waals surface area contributed by atoms with Gasteiger partial charge < -0.3 is 20.8 Å². The Balaban J connectivity index is 0.00000151. The largest absolute Gasteiger partial charge is 0.508 e. The summed E-state index contributed by atoms with van der Waals surface area (Å²) in [7, 11) is 0. The Labute approximate surface area is 387 Å². The van der Waals surface area contributed by atoms with Crippen LogP contribution < -0.4 is 10.6 Å². The summed E-state index contributed by atoms with van der Waals surface area (Å²) in [5.74, 6) is 4.48. The van der Waals surface area contributed by atoms with Crippen LogP contribution in [-0.2, 0) is 36.8 Å². The molecule has 0 spiro atoms.